The van der Waals surface area contributed by atoms with Crippen molar-refractivity contribution in [3.63, 3.8) is 0 Å². The number of rotatable bonds is 3. The molecule has 2 saturated heterocycles. The topological polar surface area (TPSA) is 65.5 Å². The lowest BCUT2D eigenvalue weighted by atomic mass is 10.1. The van der Waals surface area contributed by atoms with E-state index < -0.39 is 5.97 Å². The molecule has 0 aliphatic carbocycles. The van der Waals surface area contributed by atoms with Crippen LogP contribution in [0.3, 0.4) is 0 Å². The Labute approximate surface area is 112 Å². The second kappa shape index (κ2) is 4.81. The number of carboxylic acid groups (broad SMARTS) is 1. The molecule has 5 nitrogen and oxygen atoms in total. The van der Waals surface area contributed by atoms with Crippen LogP contribution in [0.2, 0.25) is 0 Å². The zero-order valence-electron chi connectivity index (χ0n) is 11.1. The number of anilines is 1. The van der Waals surface area contributed by atoms with Crippen LogP contribution in [0.5, 0.6) is 0 Å². The molecule has 2 fully saturated rings. The third-order valence-electron chi connectivity index (χ3n) is 4.22. The fourth-order valence-corrected chi connectivity index (χ4v) is 3.30. The van der Waals surface area contributed by atoms with Crippen LogP contribution >= 0.6 is 0 Å². The van der Waals surface area contributed by atoms with E-state index in [9.17, 15) is 9.90 Å². The number of hydrogen-bond acceptors (Lipinski definition) is 4. The van der Waals surface area contributed by atoms with Crippen molar-refractivity contribution in [1.82, 2.24) is 9.88 Å². The summed E-state index contributed by atoms with van der Waals surface area (Å²) >= 11 is 0. The van der Waals surface area contributed by atoms with Gasteiger partial charge in [0.2, 0.25) is 0 Å². The first kappa shape index (κ1) is 12.4. The van der Waals surface area contributed by atoms with Gasteiger partial charge in [0, 0.05) is 30.5 Å². The molecule has 0 saturated carbocycles. The lowest BCUT2D eigenvalue weighted by Gasteiger charge is -2.23. The molecule has 3 rings (SSSR count). The summed E-state index contributed by atoms with van der Waals surface area (Å²) in [4.78, 5) is 17.8. The third-order valence-corrected chi connectivity index (χ3v) is 4.22. The van der Waals surface area contributed by atoms with Crippen molar-refractivity contribution in [3.05, 3.63) is 23.5 Å². The van der Waals surface area contributed by atoms with Gasteiger partial charge in [0.1, 0.15) is 5.56 Å². The number of nitrogens with one attached hydrogen (secondary N) is 1. The zero-order chi connectivity index (χ0) is 13.4. The van der Waals surface area contributed by atoms with Gasteiger partial charge in [-0.25, -0.2) is 4.79 Å². The van der Waals surface area contributed by atoms with Crippen molar-refractivity contribution in [3.8, 4) is 0 Å². The van der Waals surface area contributed by atoms with E-state index in [1.807, 2.05) is 13.0 Å². The van der Waals surface area contributed by atoms with E-state index in [0.717, 1.165) is 18.7 Å². The van der Waals surface area contributed by atoms with Crippen LogP contribution in [0, 0.1) is 6.92 Å². The highest BCUT2D eigenvalue weighted by molar-refractivity contribution is 5.93. The molecule has 2 aliphatic heterocycles. The predicted molar refractivity (Wildman–Crippen MR) is 72.6 cm³/mol. The van der Waals surface area contributed by atoms with Crippen LogP contribution in [0.25, 0.3) is 0 Å². The van der Waals surface area contributed by atoms with E-state index in [1.54, 1.807) is 0 Å². The molecule has 2 unspecified atom stereocenters. The molecule has 3 heterocycles. The van der Waals surface area contributed by atoms with Gasteiger partial charge in [0.25, 0.3) is 0 Å². The van der Waals surface area contributed by atoms with Gasteiger partial charge in [-0.2, -0.15) is 0 Å². The van der Waals surface area contributed by atoms with E-state index in [0.29, 0.717) is 17.8 Å². The van der Waals surface area contributed by atoms with Crippen molar-refractivity contribution in [2.45, 2.75) is 38.3 Å². The summed E-state index contributed by atoms with van der Waals surface area (Å²) < 4.78 is 0. The van der Waals surface area contributed by atoms with Crippen molar-refractivity contribution >= 4 is 11.7 Å². The average molecular weight is 261 g/mol. The maximum absolute atomic E-state index is 11.2. The Kier molecular flexibility index (Phi) is 3.14. The molecular formula is C14H19N3O2. The van der Waals surface area contributed by atoms with E-state index in [-0.39, 0.29) is 5.56 Å². The molecule has 1 aromatic rings. The third kappa shape index (κ3) is 2.30. The van der Waals surface area contributed by atoms with Gasteiger partial charge in [-0.1, -0.05) is 0 Å². The summed E-state index contributed by atoms with van der Waals surface area (Å²) in [5.41, 5.74) is 1.81. The van der Waals surface area contributed by atoms with E-state index in [2.05, 4.69) is 15.2 Å². The molecule has 0 spiro atoms. The van der Waals surface area contributed by atoms with Crippen molar-refractivity contribution in [2.24, 2.45) is 0 Å². The highest BCUT2D eigenvalue weighted by Crippen LogP contribution is 2.31. The number of fused-ring (bicyclic) bond motifs is 1. The Hall–Kier alpha value is -1.62. The number of aryl methyl sites for hydroxylation is 1. The standard InChI is InChI=1S/C14H19N3O2/c1-9-7-12(10(8-15-9)14(18)19)16-11-4-6-17-5-2-3-13(11)17/h7-8,11,13H,2-6H2,1H3,(H,15,16)(H,18,19). The zero-order valence-corrected chi connectivity index (χ0v) is 11.1. The summed E-state index contributed by atoms with van der Waals surface area (Å²) in [5, 5.41) is 12.7. The van der Waals surface area contributed by atoms with Crippen molar-refractivity contribution in [1.29, 1.82) is 0 Å². The molecule has 0 radical (unpaired) electrons. The number of pyridine rings is 1. The minimum atomic E-state index is -0.920. The summed E-state index contributed by atoms with van der Waals surface area (Å²) in [6, 6.07) is 2.76. The smallest absolute Gasteiger partial charge is 0.339 e. The quantitative estimate of drug-likeness (QED) is 0.867. The van der Waals surface area contributed by atoms with Crippen LogP contribution in [-0.4, -0.2) is 46.1 Å². The molecule has 2 atom stereocenters. The van der Waals surface area contributed by atoms with Crippen molar-refractivity contribution < 1.29 is 9.90 Å². The van der Waals surface area contributed by atoms with Gasteiger partial charge in [-0.05, 0) is 38.8 Å². The van der Waals surface area contributed by atoms with Gasteiger partial charge >= 0.3 is 5.97 Å². The van der Waals surface area contributed by atoms with Crippen LogP contribution in [0.4, 0.5) is 5.69 Å². The first-order valence-electron chi connectivity index (χ1n) is 6.85. The molecule has 2 aliphatic rings. The number of nitrogens with zero attached hydrogens (tertiary/aromatic N) is 2. The molecule has 2 N–H and O–H groups in total. The van der Waals surface area contributed by atoms with E-state index >= 15 is 0 Å². The summed E-state index contributed by atoms with van der Waals surface area (Å²) in [6.07, 6.45) is 5.00. The van der Waals surface area contributed by atoms with Crippen LogP contribution < -0.4 is 5.32 Å². The fourth-order valence-electron chi connectivity index (χ4n) is 3.30. The maximum Gasteiger partial charge on any atom is 0.339 e. The molecule has 0 bridgehead atoms. The average Bonchev–Trinajstić information content (AvgIpc) is 2.94. The minimum absolute atomic E-state index is 0.266. The molecule has 1 aromatic heterocycles. The number of carbonyl (C=O) groups is 1. The lowest BCUT2D eigenvalue weighted by molar-refractivity contribution is 0.0697. The lowest BCUT2D eigenvalue weighted by Crippen LogP contribution is -2.34. The van der Waals surface area contributed by atoms with E-state index in [4.69, 9.17) is 0 Å². The van der Waals surface area contributed by atoms with Gasteiger partial charge < -0.3 is 10.4 Å². The minimum Gasteiger partial charge on any atom is -0.478 e. The first-order chi connectivity index (χ1) is 9.15. The Morgan fingerprint density at radius 3 is 3.11 bits per heavy atom. The van der Waals surface area contributed by atoms with Crippen LogP contribution in [-0.2, 0) is 0 Å². The highest BCUT2D eigenvalue weighted by Gasteiger charge is 2.37. The van der Waals surface area contributed by atoms with Crippen LogP contribution in [0.1, 0.15) is 35.3 Å². The molecule has 19 heavy (non-hydrogen) atoms. The Bertz CT molecular complexity index is 503. The van der Waals surface area contributed by atoms with Crippen LogP contribution in [0.15, 0.2) is 12.3 Å². The molecule has 0 aromatic carbocycles. The monoisotopic (exact) mass is 261 g/mol. The summed E-state index contributed by atoms with van der Waals surface area (Å²) in [5.74, 6) is -0.920. The molecule has 5 heteroatoms. The Balaban J connectivity index is 1.83. The summed E-state index contributed by atoms with van der Waals surface area (Å²) in [6.45, 7) is 4.19. The molecule has 0 amide bonds. The van der Waals surface area contributed by atoms with Gasteiger partial charge in [-0.3, -0.25) is 9.88 Å². The normalized spacial score (nSPS) is 26.4. The predicted octanol–water partition coefficient (Wildman–Crippen LogP) is 1.74. The Morgan fingerprint density at radius 1 is 1.47 bits per heavy atom. The largest absolute Gasteiger partial charge is 0.478 e. The molecule has 102 valence electrons. The number of hydrogen-bond donors (Lipinski definition) is 2. The first-order valence-corrected chi connectivity index (χ1v) is 6.85. The van der Waals surface area contributed by atoms with Crippen molar-refractivity contribution in [2.75, 3.05) is 18.4 Å². The van der Waals surface area contributed by atoms with Gasteiger partial charge in [0.15, 0.2) is 0 Å². The van der Waals surface area contributed by atoms with Gasteiger partial charge in [-0.15, -0.1) is 0 Å². The molecular weight excluding hydrogens is 242 g/mol. The Morgan fingerprint density at radius 2 is 2.32 bits per heavy atom. The second-order valence-electron chi connectivity index (χ2n) is 5.46. The maximum atomic E-state index is 11.2. The number of aromatic carboxylic acids is 1. The highest BCUT2D eigenvalue weighted by atomic mass is 16.4. The van der Waals surface area contributed by atoms with Gasteiger partial charge in [0.05, 0.1) is 5.69 Å². The van der Waals surface area contributed by atoms with E-state index in [1.165, 1.54) is 25.6 Å². The fraction of sp³-hybridized carbons (Fsp3) is 0.571. The number of carboxylic acids is 1. The number of aromatic nitrogens is 1. The second-order valence-corrected chi connectivity index (χ2v) is 5.46. The SMILES string of the molecule is Cc1cc(NC2CCN3CCCC23)c(C(=O)O)cn1. The summed E-state index contributed by atoms with van der Waals surface area (Å²) in [7, 11) is 0.